The summed E-state index contributed by atoms with van der Waals surface area (Å²) in [6.45, 7) is 11.3. The number of esters is 1. The van der Waals surface area contributed by atoms with Gasteiger partial charge in [0, 0.05) is 24.8 Å². The van der Waals surface area contributed by atoms with E-state index in [0.717, 1.165) is 5.56 Å². The van der Waals surface area contributed by atoms with Gasteiger partial charge in [-0.05, 0) is 55.2 Å². The number of carbonyl (C=O) groups is 2. The van der Waals surface area contributed by atoms with Crippen molar-refractivity contribution in [3.8, 4) is 0 Å². The zero-order chi connectivity index (χ0) is 26.3. The fourth-order valence-corrected chi connectivity index (χ4v) is 6.90. The molecule has 1 spiro atoms. The molecule has 1 saturated heterocycles. The minimum absolute atomic E-state index is 0.170. The van der Waals surface area contributed by atoms with E-state index in [1.165, 1.54) is 6.92 Å². The highest BCUT2D eigenvalue weighted by molar-refractivity contribution is 5.89. The molecule has 4 rings (SSSR count). The van der Waals surface area contributed by atoms with Gasteiger partial charge in [-0.3, -0.25) is 9.59 Å². The number of ether oxygens (including phenoxy) is 1. The summed E-state index contributed by atoms with van der Waals surface area (Å²) in [6.07, 6.45) is 7.09. The van der Waals surface area contributed by atoms with Crippen LogP contribution in [0.25, 0.3) is 0 Å². The van der Waals surface area contributed by atoms with Crippen LogP contribution in [0.15, 0.2) is 66.8 Å². The lowest BCUT2D eigenvalue weighted by molar-refractivity contribution is -0.166. The molecular weight excluding hydrogens is 454 g/mol. The maximum atomic E-state index is 14.2. The Bertz CT molecular complexity index is 1060. The van der Waals surface area contributed by atoms with Gasteiger partial charge in [-0.15, -0.1) is 0 Å². The van der Waals surface area contributed by atoms with Crippen molar-refractivity contribution in [2.24, 2.45) is 29.1 Å². The van der Waals surface area contributed by atoms with Crippen LogP contribution in [0.3, 0.4) is 0 Å². The monoisotopic (exact) mass is 493 g/mol. The maximum Gasteiger partial charge on any atom is 0.303 e. The Balaban J connectivity index is 1.92. The summed E-state index contributed by atoms with van der Waals surface area (Å²) in [5, 5.41) is 25.8. The normalized spacial score (nSPS) is 42.3. The topological polar surface area (TPSA) is 95.9 Å². The largest absolute Gasteiger partial charge is 0.457 e. The van der Waals surface area contributed by atoms with E-state index >= 15 is 0 Å². The van der Waals surface area contributed by atoms with Gasteiger partial charge in [0.05, 0.1) is 11.7 Å². The van der Waals surface area contributed by atoms with Gasteiger partial charge in [-0.1, -0.05) is 69.0 Å². The highest BCUT2D eigenvalue weighted by Crippen LogP contribution is 2.58. The quantitative estimate of drug-likeness (QED) is 0.440. The Morgan fingerprint density at radius 1 is 1.22 bits per heavy atom. The molecule has 6 heteroatoms. The zero-order valence-electron chi connectivity index (χ0n) is 21.7. The van der Waals surface area contributed by atoms with Crippen molar-refractivity contribution in [2.75, 3.05) is 0 Å². The van der Waals surface area contributed by atoms with Crippen LogP contribution >= 0.6 is 0 Å². The van der Waals surface area contributed by atoms with Gasteiger partial charge in [0.2, 0.25) is 5.91 Å². The molecule has 1 aliphatic heterocycles. The Morgan fingerprint density at radius 3 is 2.58 bits per heavy atom. The molecule has 1 aromatic rings. The molecule has 36 heavy (non-hydrogen) atoms. The molecule has 1 saturated carbocycles. The number of nitrogens with one attached hydrogen (secondary N) is 1. The molecular formula is C30H39NO5. The Hall–Kier alpha value is -2.70. The molecule has 2 fully saturated rings. The molecule has 6 nitrogen and oxygen atoms in total. The summed E-state index contributed by atoms with van der Waals surface area (Å²) >= 11 is 0. The van der Waals surface area contributed by atoms with E-state index in [2.05, 4.69) is 18.8 Å². The van der Waals surface area contributed by atoms with Crippen molar-refractivity contribution in [3.05, 3.63) is 72.4 Å². The van der Waals surface area contributed by atoms with Gasteiger partial charge < -0.3 is 20.3 Å². The van der Waals surface area contributed by atoms with E-state index < -0.39 is 35.1 Å². The maximum absolute atomic E-state index is 14.2. The number of aliphatic hydroxyl groups is 2. The number of hydrogen-bond acceptors (Lipinski definition) is 5. The van der Waals surface area contributed by atoms with Gasteiger partial charge in [0.1, 0.15) is 11.5 Å². The number of benzene rings is 1. The van der Waals surface area contributed by atoms with Crippen LogP contribution < -0.4 is 5.32 Å². The first-order valence-electron chi connectivity index (χ1n) is 12.9. The summed E-state index contributed by atoms with van der Waals surface area (Å²) in [5.41, 5.74) is -0.635. The fraction of sp³-hybridized carbons (Fsp3) is 0.533. The van der Waals surface area contributed by atoms with E-state index in [4.69, 9.17) is 4.74 Å². The first-order valence-corrected chi connectivity index (χ1v) is 12.9. The van der Waals surface area contributed by atoms with Gasteiger partial charge in [-0.25, -0.2) is 0 Å². The molecule has 194 valence electrons. The number of allylic oxidation sites excluding steroid dienone is 1. The molecule has 2 aliphatic carbocycles. The second kappa shape index (κ2) is 9.98. The zero-order valence-corrected chi connectivity index (χ0v) is 21.7. The Kier molecular flexibility index (Phi) is 7.31. The molecule has 3 aliphatic rings. The fourth-order valence-electron chi connectivity index (χ4n) is 6.90. The molecule has 0 bridgehead atoms. The number of rotatable bonds is 3. The Labute approximate surface area is 214 Å². The highest BCUT2D eigenvalue weighted by atomic mass is 16.5. The van der Waals surface area contributed by atoms with Crippen molar-refractivity contribution >= 4 is 11.9 Å². The summed E-state index contributed by atoms with van der Waals surface area (Å²) in [5.74, 6) is -1.75. The van der Waals surface area contributed by atoms with Gasteiger partial charge in [0.15, 0.2) is 0 Å². The minimum atomic E-state index is -1.26. The van der Waals surface area contributed by atoms with Gasteiger partial charge in [0.25, 0.3) is 0 Å². The van der Waals surface area contributed by atoms with Gasteiger partial charge in [-0.2, -0.15) is 0 Å². The summed E-state index contributed by atoms with van der Waals surface area (Å²) in [7, 11) is 0. The smallest absolute Gasteiger partial charge is 0.303 e. The standard InChI is InChI=1S/C30H39NO5/c1-18-10-9-13-23-27(33)20(3)19(2)26-24(16-22-11-7-6-8-12-22)31-28(34)30(23,26)25(36-21(4)32)14-15-29(5,35)17-18/h6-9,11-15,18-19,23-27,33,35H,3,10,16-17H2,1-2,4-5H3,(H,31,34)/b13-9-,15-14-/t18-,19+,23?,24-,25+,26?,27+,29-,30+/m0/s1. The number of aliphatic hydroxyl groups excluding tert-OH is 1. The average molecular weight is 494 g/mol. The molecule has 0 aromatic heterocycles. The lowest BCUT2D eigenvalue weighted by Gasteiger charge is -2.52. The third kappa shape index (κ3) is 4.69. The third-order valence-corrected chi connectivity index (χ3v) is 8.43. The lowest BCUT2D eigenvalue weighted by Crippen LogP contribution is -2.60. The van der Waals surface area contributed by atoms with Crippen LogP contribution in [0, 0.1) is 29.1 Å². The predicted octanol–water partition coefficient (Wildman–Crippen LogP) is 3.74. The van der Waals surface area contributed by atoms with E-state index in [1.807, 2.05) is 49.4 Å². The lowest BCUT2D eigenvalue weighted by atomic mass is 9.51. The van der Waals surface area contributed by atoms with Crippen LogP contribution in [0.1, 0.15) is 46.1 Å². The van der Waals surface area contributed by atoms with Crippen molar-refractivity contribution in [3.63, 3.8) is 0 Å². The molecule has 1 heterocycles. The van der Waals surface area contributed by atoms with Crippen LogP contribution in [0.2, 0.25) is 0 Å². The molecule has 2 unspecified atom stereocenters. The third-order valence-electron chi connectivity index (χ3n) is 8.43. The van der Waals surface area contributed by atoms with Crippen LogP contribution in [0.4, 0.5) is 0 Å². The number of hydrogen-bond donors (Lipinski definition) is 3. The summed E-state index contributed by atoms with van der Waals surface area (Å²) < 4.78 is 5.89. The van der Waals surface area contributed by atoms with Crippen LogP contribution in [-0.2, 0) is 20.7 Å². The first-order chi connectivity index (χ1) is 17.0. The van der Waals surface area contributed by atoms with Crippen molar-refractivity contribution in [1.29, 1.82) is 0 Å². The number of carbonyl (C=O) groups excluding carboxylic acids is 2. The summed E-state index contributed by atoms with van der Waals surface area (Å²) in [4.78, 5) is 26.5. The first kappa shape index (κ1) is 26.4. The van der Waals surface area contributed by atoms with Crippen molar-refractivity contribution in [2.45, 2.75) is 70.8 Å². The molecule has 9 atom stereocenters. The molecule has 3 N–H and O–H groups in total. The number of amides is 1. The second-order valence-corrected chi connectivity index (χ2v) is 11.3. The van der Waals surface area contributed by atoms with E-state index in [1.54, 1.807) is 19.1 Å². The molecule has 0 radical (unpaired) electrons. The minimum Gasteiger partial charge on any atom is -0.457 e. The van der Waals surface area contributed by atoms with E-state index in [0.29, 0.717) is 24.8 Å². The average Bonchev–Trinajstić information content (AvgIpc) is 3.08. The highest BCUT2D eigenvalue weighted by Gasteiger charge is 2.68. The van der Waals surface area contributed by atoms with Crippen molar-refractivity contribution < 1.29 is 24.5 Å². The van der Waals surface area contributed by atoms with Gasteiger partial charge >= 0.3 is 5.97 Å². The molecule has 1 aromatic carbocycles. The van der Waals surface area contributed by atoms with Crippen LogP contribution in [0.5, 0.6) is 0 Å². The van der Waals surface area contributed by atoms with E-state index in [-0.39, 0.29) is 29.7 Å². The SMILES string of the molecule is C=C1[C@@H](C)C2[C@H](Cc3ccccc3)NC(=O)[C@@]23C(/C=C\C[C@H](C)C[C@@](C)(O)/C=C\[C@H]3OC(C)=O)[C@@H]1O. The predicted molar refractivity (Wildman–Crippen MR) is 139 cm³/mol. The van der Waals surface area contributed by atoms with Crippen molar-refractivity contribution in [1.82, 2.24) is 5.32 Å². The van der Waals surface area contributed by atoms with Crippen LogP contribution in [-0.4, -0.2) is 45.9 Å². The summed E-state index contributed by atoms with van der Waals surface area (Å²) in [6, 6.07) is 9.73. The Morgan fingerprint density at radius 2 is 1.92 bits per heavy atom. The molecule has 1 amide bonds. The van der Waals surface area contributed by atoms with E-state index in [9.17, 15) is 19.8 Å². The second-order valence-electron chi connectivity index (χ2n) is 11.3.